The van der Waals surface area contributed by atoms with E-state index in [1.807, 2.05) is 18.4 Å². The lowest BCUT2D eigenvalue weighted by atomic mass is 9.44. The minimum Gasteiger partial charge on any atom is -0.461 e. The molecular formula is C31H47N3O6S2. The molecule has 3 aliphatic carbocycles. The van der Waals surface area contributed by atoms with Crippen LogP contribution in [0.2, 0.25) is 0 Å². The predicted octanol–water partition coefficient (Wildman–Crippen LogP) is 4.19. The van der Waals surface area contributed by atoms with Crippen LogP contribution in [0.5, 0.6) is 0 Å². The van der Waals surface area contributed by atoms with Crippen molar-refractivity contribution in [2.45, 2.75) is 90.8 Å². The molecule has 1 amide bonds. The van der Waals surface area contributed by atoms with Crippen molar-refractivity contribution in [2.24, 2.45) is 34.0 Å². The SMILES string of the molecule is C=C[C@]1(C)C[C@@H](OC(=O)CSCc2csc(NC(=O)CNCC(C)O)n2)[C@]2(C)[C@H](C)CC[C@]3(CCC(=O)[C@H]32)[C@@H](C)[C@@H]1O. The fourth-order valence-corrected chi connectivity index (χ4v) is 9.45. The van der Waals surface area contributed by atoms with Crippen LogP contribution in [-0.4, -0.2) is 70.0 Å². The lowest BCUT2D eigenvalue weighted by Crippen LogP contribution is -2.63. The van der Waals surface area contributed by atoms with E-state index in [9.17, 15) is 24.6 Å². The van der Waals surface area contributed by atoms with Crippen molar-refractivity contribution in [3.63, 3.8) is 0 Å². The summed E-state index contributed by atoms with van der Waals surface area (Å²) in [6.07, 6.45) is 3.60. The summed E-state index contributed by atoms with van der Waals surface area (Å²) in [6, 6.07) is 0. The highest BCUT2D eigenvalue weighted by Crippen LogP contribution is 2.68. The van der Waals surface area contributed by atoms with Gasteiger partial charge in [0.15, 0.2) is 5.13 Å². The molecule has 0 aliphatic heterocycles. The van der Waals surface area contributed by atoms with Crippen molar-refractivity contribution in [2.75, 3.05) is 24.2 Å². The molecule has 1 unspecified atom stereocenters. The number of Topliss-reactive ketones (excluding diaryl/α,β-unsaturated/α-hetero) is 1. The number of aliphatic hydroxyl groups is 2. The third-order valence-electron chi connectivity index (χ3n) is 10.6. The van der Waals surface area contributed by atoms with Crippen molar-refractivity contribution in [1.82, 2.24) is 10.3 Å². The molecule has 0 spiro atoms. The molecule has 3 aliphatic rings. The number of thioether (sulfide) groups is 1. The van der Waals surface area contributed by atoms with Gasteiger partial charge in [-0.2, -0.15) is 0 Å². The Balaban J connectivity index is 1.42. The van der Waals surface area contributed by atoms with Crippen LogP contribution in [-0.2, 0) is 24.9 Å². The number of ketones is 1. The Kier molecular flexibility index (Phi) is 10.3. The summed E-state index contributed by atoms with van der Waals surface area (Å²) >= 11 is 2.71. The number of nitrogens with zero attached hydrogens (tertiary/aromatic N) is 1. The van der Waals surface area contributed by atoms with Gasteiger partial charge < -0.3 is 25.6 Å². The van der Waals surface area contributed by atoms with Crippen molar-refractivity contribution in [3.8, 4) is 0 Å². The van der Waals surface area contributed by atoms with Gasteiger partial charge in [0.2, 0.25) is 5.91 Å². The highest BCUT2D eigenvalue weighted by Gasteiger charge is 2.68. The fourth-order valence-electron chi connectivity index (χ4n) is 7.92. The summed E-state index contributed by atoms with van der Waals surface area (Å²) in [4.78, 5) is 43.3. The Bertz CT molecular complexity index is 1180. The van der Waals surface area contributed by atoms with Crippen molar-refractivity contribution >= 4 is 45.9 Å². The molecule has 11 heteroatoms. The molecule has 1 aromatic rings. The van der Waals surface area contributed by atoms with Crippen molar-refractivity contribution in [3.05, 3.63) is 23.7 Å². The minimum atomic E-state index is -0.690. The van der Waals surface area contributed by atoms with Crippen LogP contribution in [0.4, 0.5) is 5.13 Å². The number of carbonyl (C=O) groups excluding carboxylic acids is 3. The lowest BCUT2D eigenvalue weighted by Gasteiger charge is -2.61. The topological polar surface area (TPSA) is 138 Å². The van der Waals surface area contributed by atoms with Gasteiger partial charge in [-0.15, -0.1) is 29.7 Å². The summed E-state index contributed by atoms with van der Waals surface area (Å²) in [5.74, 6) is 0.127. The molecule has 234 valence electrons. The fraction of sp³-hybridized carbons (Fsp3) is 0.742. The molecule has 42 heavy (non-hydrogen) atoms. The average Bonchev–Trinajstić information content (AvgIpc) is 3.53. The number of aromatic nitrogens is 1. The first-order valence-electron chi connectivity index (χ1n) is 15.0. The smallest absolute Gasteiger partial charge is 0.316 e. The zero-order chi connectivity index (χ0) is 30.9. The maximum Gasteiger partial charge on any atom is 0.316 e. The van der Waals surface area contributed by atoms with Gasteiger partial charge in [0.25, 0.3) is 0 Å². The number of hydrogen-bond donors (Lipinski definition) is 4. The van der Waals surface area contributed by atoms with Gasteiger partial charge >= 0.3 is 5.97 Å². The Morgan fingerprint density at radius 3 is 2.76 bits per heavy atom. The van der Waals surface area contributed by atoms with E-state index < -0.39 is 29.1 Å². The van der Waals surface area contributed by atoms with Gasteiger partial charge in [-0.3, -0.25) is 14.4 Å². The molecule has 2 bridgehead atoms. The van der Waals surface area contributed by atoms with Gasteiger partial charge in [-0.25, -0.2) is 4.98 Å². The zero-order valence-corrected chi connectivity index (χ0v) is 27.1. The first kappa shape index (κ1) is 33.1. The quantitative estimate of drug-likeness (QED) is 0.212. The molecule has 1 heterocycles. The number of amides is 1. The molecule has 3 saturated carbocycles. The number of anilines is 1. The summed E-state index contributed by atoms with van der Waals surface area (Å²) in [7, 11) is 0. The predicted molar refractivity (Wildman–Crippen MR) is 166 cm³/mol. The van der Waals surface area contributed by atoms with Crippen LogP contribution in [0.15, 0.2) is 18.0 Å². The van der Waals surface area contributed by atoms with Gasteiger partial charge in [0.05, 0.1) is 30.2 Å². The minimum absolute atomic E-state index is 0.0655. The van der Waals surface area contributed by atoms with E-state index in [0.29, 0.717) is 30.3 Å². The van der Waals surface area contributed by atoms with E-state index in [1.54, 1.807) is 6.92 Å². The van der Waals surface area contributed by atoms with Crippen LogP contribution in [0, 0.1) is 34.0 Å². The standard InChI is InChI=1S/C31H47N3O6S2/c1-7-29(5)12-23(30(6)18(2)8-10-31(20(4)27(29)39)11-9-22(36)26(30)31)40-25(38)17-41-15-21-16-42-28(33-21)34-24(37)14-32-13-19(3)35/h7,16,18-20,23,26-27,32,35,39H,1,8-15,17H2,2-6H3,(H,33,34,37)/t18-,19?,20+,23-,26+,27+,29-,30+,31+/m1/s1. The number of esters is 1. The van der Waals surface area contributed by atoms with Gasteiger partial charge in [-0.1, -0.05) is 33.8 Å². The molecule has 9 atom stereocenters. The lowest BCUT2D eigenvalue weighted by molar-refractivity contribution is -0.205. The first-order chi connectivity index (χ1) is 19.8. The van der Waals surface area contributed by atoms with E-state index in [-0.39, 0.29) is 53.1 Å². The van der Waals surface area contributed by atoms with Crippen LogP contribution in [0.25, 0.3) is 0 Å². The van der Waals surface area contributed by atoms with E-state index in [4.69, 9.17) is 4.74 Å². The van der Waals surface area contributed by atoms with Gasteiger partial charge in [0, 0.05) is 40.8 Å². The number of rotatable bonds is 11. The van der Waals surface area contributed by atoms with E-state index in [0.717, 1.165) is 25.0 Å². The second-order valence-electron chi connectivity index (χ2n) is 13.2. The second-order valence-corrected chi connectivity index (χ2v) is 15.1. The molecule has 0 radical (unpaired) electrons. The zero-order valence-electron chi connectivity index (χ0n) is 25.5. The monoisotopic (exact) mass is 621 g/mol. The molecular weight excluding hydrogens is 574 g/mol. The molecule has 3 fully saturated rings. The van der Waals surface area contributed by atoms with Gasteiger partial charge in [0.1, 0.15) is 11.9 Å². The van der Waals surface area contributed by atoms with E-state index in [2.05, 4.69) is 43.0 Å². The Labute approximate surface area is 257 Å². The molecule has 1 aromatic heterocycles. The van der Waals surface area contributed by atoms with Crippen molar-refractivity contribution in [1.29, 1.82) is 0 Å². The normalized spacial score (nSPS) is 36.8. The maximum atomic E-state index is 13.5. The number of hydrogen-bond acceptors (Lipinski definition) is 10. The number of thiazole rings is 1. The van der Waals surface area contributed by atoms with Crippen LogP contribution >= 0.6 is 23.1 Å². The average molecular weight is 622 g/mol. The van der Waals surface area contributed by atoms with E-state index >= 15 is 0 Å². The summed E-state index contributed by atoms with van der Waals surface area (Å²) in [6.45, 7) is 14.5. The molecule has 0 aromatic carbocycles. The third-order valence-corrected chi connectivity index (χ3v) is 12.3. The first-order valence-corrected chi connectivity index (χ1v) is 17.0. The summed E-state index contributed by atoms with van der Waals surface area (Å²) in [5.41, 5.74) is -0.738. The van der Waals surface area contributed by atoms with Crippen molar-refractivity contribution < 1.29 is 29.3 Å². The van der Waals surface area contributed by atoms with Crippen LogP contribution in [0.1, 0.15) is 72.4 Å². The third kappa shape index (κ3) is 6.36. The van der Waals surface area contributed by atoms with Crippen LogP contribution < -0.4 is 10.6 Å². The molecule has 0 saturated heterocycles. The number of aliphatic hydroxyl groups excluding tert-OH is 2. The molecule has 9 nitrogen and oxygen atoms in total. The Morgan fingerprint density at radius 1 is 1.33 bits per heavy atom. The Hall–Kier alpha value is -1.79. The highest BCUT2D eigenvalue weighted by molar-refractivity contribution is 7.99. The van der Waals surface area contributed by atoms with Gasteiger partial charge in [-0.05, 0) is 49.9 Å². The number of nitrogens with one attached hydrogen (secondary N) is 2. The molecule has 4 N–H and O–H groups in total. The number of ether oxygens (including phenoxy) is 1. The number of carbonyl (C=O) groups is 3. The van der Waals surface area contributed by atoms with E-state index in [1.165, 1.54) is 23.1 Å². The maximum absolute atomic E-state index is 13.5. The summed E-state index contributed by atoms with van der Waals surface area (Å²) < 4.78 is 6.30. The largest absolute Gasteiger partial charge is 0.461 e. The van der Waals surface area contributed by atoms with Crippen LogP contribution in [0.3, 0.4) is 0 Å². The molecule has 4 rings (SSSR count). The highest BCUT2D eigenvalue weighted by atomic mass is 32.2. The second kappa shape index (κ2) is 13.1. The Morgan fingerprint density at radius 2 is 2.07 bits per heavy atom. The summed E-state index contributed by atoms with van der Waals surface area (Å²) in [5, 5.41) is 28.9.